The summed E-state index contributed by atoms with van der Waals surface area (Å²) >= 11 is 0. The average Bonchev–Trinajstić information content (AvgIpc) is 2.99. The minimum absolute atomic E-state index is 0.000626. The van der Waals surface area contributed by atoms with Crippen LogP contribution in [-0.2, 0) is 11.0 Å². The number of rotatable bonds is 4. The molecule has 2 atom stereocenters. The van der Waals surface area contributed by atoms with Crippen molar-refractivity contribution in [2.24, 2.45) is 11.3 Å². The van der Waals surface area contributed by atoms with Crippen molar-refractivity contribution in [3.05, 3.63) is 34.9 Å². The van der Waals surface area contributed by atoms with Gasteiger partial charge in [-0.25, -0.2) is 0 Å². The van der Waals surface area contributed by atoms with E-state index in [9.17, 15) is 23.1 Å². The van der Waals surface area contributed by atoms with Gasteiger partial charge in [-0.3, -0.25) is 4.79 Å². The quantitative estimate of drug-likeness (QED) is 0.867. The van der Waals surface area contributed by atoms with Crippen LogP contribution in [0.4, 0.5) is 13.2 Å². The predicted molar refractivity (Wildman–Crippen MR) is 92.7 cm³/mol. The summed E-state index contributed by atoms with van der Waals surface area (Å²) in [5, 5.41) is 9.30. The topological polar surface area (TPSA) is 40.5 Å². The van der Waals surface area contributed by atoms with E-state index in [2.05, 4.69) is 0 Å². The van der Waals surface area contributed by atoms with Crippen molar-refractivity contribution in [3.8, 4) is 0 Å². The molecule has 0 aromatic heterocycles. The lowest BCUT2D eigenvalue weighted by Gasteiger charge is -2.49. The molecule has 0 bridgehead atoms. The van der Waals surface area contributed by atoms with Crippen molar-refractivity contribution in [1.29, 1.82) is 0 Å². The normalized spacial score (nSPS) is 23.2. The molecule has 144 valence electrons. The number of carbonyl (C=O) groups excluding carboxylic acids is 1. The van der Waals surface area contributed by atoms with Crippen molar-refractivity contribution < 1.29 is 23.1 Å². The minimum atomic E-state index is -4.32. The first kappa shape index (κ1) is 19.2. The molecule has 1 aromatic carbocycles. The molecule has 1 saturated heterocycles. The van der Waals surface area contributed by atoms with Gasteiger partial charge in [-0.15, -0.1) is 0 Å². The van der Waals surface area contributed by atoms with Crippen LogP contribution in [0.5, 0.6) is 0 Å². The number of benzene rings is 1. The third-order valence-corrected chi connectivity index (χ3v) is 6.18. The number of aliphatic hydroxyl groups is 1. The number of halogens is 3. The second-order valence-electron chi connectivity index (χ2n) is 7.99. The van der Waals surface area contributed by atoms with Crippen LogP contribution in [0.15, 0.2) is 18.2 Å². The fourth-order valence-electron chi connectivity index (χ4n) is 4.58. The smallest absolute Gasteiger partial charge is 0.396 e. The Kier molecular flexibility index (Phi) is 5.08. The van der Waals surface area contributed by atoms with Crippen LogP contribution in [0.2, 0.25) is 0 Å². The molecule has 1 aliphatic carbocycles. The van der Waals surface area contributed by atoms with E-state index in [4.69, 9.17) is 0 Å². The summed E-state index contributed by atoms with van der Waals surface area (Å²) < 4.78 is 39.1. The highest BCUT2D eigenvalue weighted by Gasteiger charge is 2.50. The van der Waals surface area contributed by atoms with Crippen molar-refractivity contribution in [1.82, 2.24) is 4.90 Å². The maximum Gasteiger partial charge on any atom is 0.416 e. The Morgan fingerprint density at radius 3 is 2.65 bits per heavy atom. The molecule has 0 radical (unpaired) electrons. The van der Waals surface area contributed by atoms with Crippen molar-refractivity contribution in [3.63, 3.8) is 0 Å². The van der Waals surface area contributed by atoms with Crippen molar-refractivity contribution >= 4 is 5.91 Å². The fraction of sp³-hybridized carbons (Fsp3) is 0.650. The van der Waals surface area contributed by atoms with Gasteiger partial charge in [-0.05, 0) is 61.8 Å². The highest BCUT2D eigenvalue weighted by atomic mass is 19.4. The zero-order chi connectivity index (χ0) is 19.1. The Balaban J connectivity index is 1.68. The molecule has 1 unspecified atom stereocenters. The third kappa shape index (κ3) is 3.48. The molecule has 6 heteroatoms. The summed E-state index contributed by atoms with van der Waals surface area (Å²) in [7, 11) is 0. The van der Waals surface area contributed by atoms with E-state index in [-0.39, 0.29) is 29.8 Å². The number of hydrogen-bond donors (Lipinski definition) is 1. The van der Waals surface area contributed by atoms with E-state index in [1.807, 2.05) is 13.8 Å². The first-order valence-corrected chi connectivity index (χ1v) is 9.26. The molecule has 1 N–H and O–H groups in total. The zero-order valence-corrected chi connectivity index (χ0v) is 15.3. The lowest BCUT2D eigenvalue weighted by atomic mass is 9.76. The maximum absolute atomic E-state index is 13.0. The standard InChI is InChI=1S/C20H26F3NO2/c1-3-14(10-25)18(26)24-11-19(12-24)7-6-15(9-19)17-8-16(20(21,22)23)5-4-13(17)2/h4-5,8,14-15,25H,3,6-7,9-12H2,1-2H3/t14-,15?/m1/s1. The zero-order valence-electron chi connectivity index (χ0n) is 15.3. The SMILES string of the molecule is CC[C@H](CO)C(=O)N1CC2(CCC(c3cc(C(F)(F)F)ccc3C)C2)C1. The second kappa shape index (κ2) is 6.87. The van der Waals surface area contributed by atoms with Gasteiger partial charge >= 0.3 is 6.18 Å². The average molecular weight is 369 g/mol. The van der Waals surface area contributed by atoms with Gasteiger partial charge in [0.25, 0.3) is 0 Å². The number of carbonyl (C=O) groups is 1. The van der Waals surface area contributed by atoms with Gasteiger partial charge in [0.15, 0.2) is 0 Å². The summed E-state index contributed by atoms with van der Waals surface area (Å²) in [6.07, 6.45) is -1.08. The molecule has 1 amide bonds. The first-order chi connectivity index (χ1) is 12.2. The van der Waals surface area contributed by atoms with Gasteiger partial charge in [-0.2, -0.15) is 13.2 Å². The van der Waals surface area contributed by atoms with Crippen LogP contribution in [0, 0.1) is 18.3 Å². The van der Waals surface area contributed by atoms with E-state index < -0.39 is 11.7 Å². The van der Waals surface area contributed by atoms with Crippen LogP contribution < -0.4 is 0 Å². The largest absolute Gasteiger partial charge is 0.416 e. The molecule has 1 saturated carbocycles. The van der Waals surface area contributed by atoms with Gasteiger partial charge in [-0.1, -0.05) is 13.0 Å². The van der Waals surface area contributed by atoms with Gasteiger partial charge in [0.2, 0.25) is 5.91 Å². The number of likely N-dealkylation sites (tertiary alicyclic amines) is 1. The van der Waals surface area contributed by atoms with E-state index >= 15 is 0 Å². The Morgan fingerprint density at radius 2 is 2.08 bits per heavy atom. The summed E-state index contributed by atoms with van der Waals surface area (Å²) in [6, 6.07) is 4.01. The summed E-state index contributed by atoms with van der Waals surface area (Å²) in [4.78, 5) is 14.1. The van der Waals surface area contributed by atoms with Crippen LogP contribution in [0.25, 0.3) is 0 Å². The Labute approximate surface area is 152 Å². The molecule has 1 heterocycles. The molecule has 1 aliphatic heterocycles. The summed E-state index contributed by atoms with van der Waals surface area (Å²) in [5.41, 5.74) is 1.15. The second-order valence-corrected chi connectivity index (χ2v) is 7.99. The van der Waals surface area contributed by atoms with Crippen LogP contribution in [0.1, 0.15) is 55.2 Å². The van der Waals surface area contributed by atoms with Gasteiger partial charge in [0, 0.05) is 18.5 Å². The first-order valence-electron chi connectivity index (χ1n) is 9.26. The van der Waals surface area contributed by atoms with Crippen LogP contribution in [0.3, 0.4) is 0 Å². The molecule has 2 aliphatic rings. The molecular formula is C20H26F3NO2. The maximum atomic E-state index is 13.0. The van der Waals surface area contributed by atoms with Gasteiger partial charge in [0.1, 0.15) is 0 Å². The summed E-state index contributed by atoms with van der Waals surface area (Å²) in [5.74, 6) is -0.219. The number of hydrogen-bond acceptors (Lipinski definition) is 2. The number of aryl methyl sites for hydroxylation is 1. The van der Waals surface area contributed by atoms with E-state index in [0.29, 0.717) is 19.5 Å². The Hall–Kier alpha value is -1.56. The van der Waals surface area contributed by atoms with E-state index in [1.54, 1.807) is 11.0 Å². The van der Waals surface area contributed by atoms with Gasteiger partial charge in [0.05, 0.1) is 18.1 Å². The van der Waals surface area contributed by atoms with Crippen LogP contribution >= 0.6 is 0 Å². The monoisotopic (exact) mass is 369 g/mol. The summed E-state index contributed by atoms with van der Waals surface area (Å²) in [6.45, 7) is 4.94. The molecule has 1 aromatic rings. The minimum Gasteiger partial charge on any atom is -0.396 e. The molecule has 26 heavy (non-hydrogen) atoms. The van der Waals surface area contributed by atoms with E-state index in [0.717, 1.165) is 36.5 Å². The van der Waals surface area contributed by atoms with Gasteiger partial charge < -0.3 is 10.0 Å². The number of aliphatic hydroxyl groups excluding tert-OH is 1. The Morgan fingerprint density at radius 1 is 1.38 bits per heavy atom. The Bertz CT molecular complexity index is 676. The number of nitrogens with zero attached hydrogens (tertiary/aromatic N) is 1. The lowest BCUT2D eigenvalue weighted by molar-refractivity contribution is -0.149. The highest BCUT2D eigenvalue weighted by Crippen LogP contribution is 2.52. The number of alkyl halides is 3. The number of amides is 1. The van der Waals surface area contributed by atoms with Crippen LogP contribution in [-0.4, -0.2) is 35.6 Å². The van der Waals surface area contributed by atoms with Crippen molar-refractivity contribution in [2.45, 2.75) is 51.6 Å². The molecule has 3 rings (SSSR count). The predicted octanol–water partition coefficient (Wildman–Crippen LogP) is 4.13. The fourth-order valence-corrected chi connectivity index (χ4v) is 4.58. The lowest BCUT2D eigenvalue weighted by Crippen LogP contribution is -2.58. The van der Waals surface area contributed by atoms with Crippen molar-refractivity contribution in [2.75, 3.05) is 19.7 Å². The molecular weight excluding hydrogens is 343 g/mol. The van der Waals surface area contributed by atoms with E-state index in [1.165, 1.54) is 6.07 Å². The third-order valence-electron chi connectivity index (χ3n) is 6.18. The molecule has 3 nitrogen and oxygen atoms in total. The highest BCUT2D eigenvalue weighted by molar-refractivity contribution is 5.80. The molecule has 2 fully saturated rings. The molecule has 1 spiro atoms.